The van der Waals surface area contributed by atoms with Crippen molar-refractivity contribution in [1.82, 2.24) is 15.2 Å². The summed E-state index contributed by atoms with van der Waals surface area (Å²) >= 11 is 0. The molecule has 1 fully saturated rings. The molecule has 0 bridgehead atoms. The molecular weight excluding hydrogens is 362 g/mol. The number of nitrogens with zero attached hydrogens (tertiary/aromatic N) is 1. The van der Waals surface area contributed by atoms with Crippen LogP contribution in [-0.2, 0) is 0 Å². The van der Waals surface area contributed by atoms with Gasteiger partial charge < -0.3 is 10.3 Å². The van der Waals surface area contributed by atoms with Gasteiger partial charge in [-0.05, 0) is 18.6 Å². The van der Waals surface area contributed by atoms with Gasteiger partial charge in [0.1, 0.15) is 0 Å². The van der Waals surface area contributed by atoms with Gasteiger partial charge in [-0.2, -0.15) is 13.2 Å². The van der Waals surface area contributed by atoms with Crippen LogP contribution >= 0.6 is 24.8 Å². The summed E-state index contributed by atoms with van der Waals surface area (Å²) in [5.74, 6) is 0. The Morgan fingerprint density at radius 3 is 2.38 bits per heavy atom. The molecule has 3 nitrogen and oxygen atoms in total. The van der Waals surface area contributed by atoms with E-state index in [2.05, 4.69) is 10.3 Å². The second kappa shape index (κ2) is 8.43. The number of rotatable bonds is 3. The predicted molar refractivity (Wildman–Crippen MR) is 95.4 cm³/mol. The lowest BCUT2D eigenvalue weighted by molar-refractivity contribution is -0.148. The summed E-state index contributed by atoms with van der Waals surface area (Å²) in [5.41, 5.74) is 2.51. The van der Waals surface area contributed by atoms with Crippen molar-refractivity contribution in [2.45, 2.75) is 25.6 Å². The van der Waals surface area contributed by atoms with Crippen LogP contribution in [0, 0.1) is 6.92 Å². The number of aromatic amines is 1. The van der Waals surface area contributed by atoms with Crippen molar-refractivity contribution in [2.24, 2.45) is 0 Å². The molecule has 1 aromatic heterocycles. The largest absolute Gasteiger partial charge is 0.390 e. The van der Waals surface area contributed by atoms with E-state index in [4.69, 9.17) is 0 Å². The zero-order chi connectivity index (χ0) is 15.7. The van der Waals surface area contributed by atoms with E-state index in [1.54, 1.807) is 0 Å². The van der Waals surface area contributed by atoms with Crippen LogP contribution in [0.2, 0.25) is 0 Å². The van der Waals surface area contributed by atoms with Crippen molar-refractivity contribution in [3.8, 4) is 0 Å². The molecule has 1 atom stereocenters. The van der Waals surface area contributed by atoms with Gasteiger partial charge in [-0.15, -0.1) is 24.8 Å². The minimum absolute atomic E-state index is 0. The summed E-state index contributed by atoms with van der Waals surface area (Å²) < 4.78 is 39.4. The Bertz CT molecular complexity index is 652. The molecule has 1 aliphatic rings. The number of alkyl halides is 3. The number of hydrogen-bond donors (Lipinski definition) is 2. The van der Waals surface area contributed by atoms with E-state index in [-0.39, 0.29) is 24.8 Å². The maximum atomic E-state index is 13.1. The van der Waals surface area contributed by atoms with Crippen LogP contribution in [0.4, 0.5) is 13.2 Å². The Morgan fingerprint density at radius 2 is 1.75 bits per heavy atom. The lowest BCUT2D eigenvalue weighted by Gasteiger charge is -2.35. The fraction of sp³-hybridized carbons (Fsp3) is 0.500. The number of hydrogen-bond acceptors (Lipinski definition) is 2. The van der Waals surface area contributed by atoms with Gasteiger partial charge in [0.05, 0.1) is 6.42 Å². The molecule has 0 spiro atoms. The van der Waals surface area contributed by atoms with E-state index in [1.807, 2.05) is 36.1 Å². The highest BCUT2D eigenvalue weighted by atomic mass is 35.5. The zero-order valence-corrected chi connectivity index (χ0v) is 15.0. The summed E-state index contributed by atoms with van der Waals surface area (Å²) in [6.07, 6.45) is -4.99. The number of para-hydroxylation sites is 1. The van der Waals surface area contributed by atoms with Crippen molar-refractivity contribution < 1.29 is 13.2 Å². The van der Waals surface area contributed by atoms with Crippen molar-refractivity contribution in [1.29, 1.82) is 0 Å². The molecule has 136 valence electrons. The summed E-state index contributed by atoms with van der Waals surface area (Å²) in [6, 6.07) is 6.96. The third-order valence-corrected chi connectivity index (χ3v) is 4.29. The fourth-order valence-corrected chi connectivity index (χ4v) is 3.35. The number of nitrogens with one attached hydrogen (secondary N) is 2. The normalized spacial score (nSPS) is 17.2. The van der Waals surface area contributed by atoms with E-state index in [0.717, 1.165) is 35.2 Å². The molecule has 1 aliphatic heterocycles. The first kappa shape index (κ1) is 21.1. The van der Waals surface area contributed by atoms with E-state index in [1.165, 1.54) is 0 Å². The maximum absolute atomic E-state index is 13.1. The number of piperazine rings is 1. The molecule has 0 aliphatic carbocycles. The van der Waals surface area contributed by atoms with Crippen molar-refractivity contribution >= 4 is 35.7 Å². The molecule has 2 N–H and O–H groups in total. The number of H-pyrrole nitrogens is 1. The van der Waals surface area contributed by atoms with Crippen LogP contribution in [0.1, 0.15) is 23.7 Å². The molecule has 2 heterocycles. The Balaban J connectivity index is 0.00000144. The molecule has 24 heavy (non-hydrogen) atoms. The second-order valence-corrected chi connectivity index (χ2v) is 5.83. The van der Waals surface area contributed by atoms with Crippen LogP contribution < -0.4 is 5.32 Å². The lowest BCUT2D eigenvalue weighted by atomic mass is 9.97. The molecule has 0 radical (unpaired) electrons. The van der Waals surface area contributed by atoms with Gasteiger partial charge in [0, 0.05) is 48.8 Å². The summed E-state index contributed by atoms with van der Waals surface area (Å²) in [7, 11) is 0. The van der Waals surface area contributed by atoms with Gasteiger partial charge in [-0.1, -0.05) is 18.2 Å². The van der Waals surface area contributed by atoms with Crippen LogP contribution in [0.25, 0.3) is 10.9 Å². The first-order chi connectivity index (χ1) is 10.5. The number of fused-ring (bicyclic) bond motifs is 1. The van der Waals surface area contributed by atoms with Gasteiger partial charge in [0.2, 0.25) is 0 Å². The monoisotopic (exact) mass is 383 g/mol. The van der Waals surface area contributed by atoms with Gasteiger partial charge >= 0.3 is 6.18 Å². The highest BCUT2D eigenvalue weighted by molar-refractivity contribution is 5.86. The third kappa shape index (κ3) is 4.57. The topological polar surface area (TPSA) is 31.1 Å². The van der Waals surface area contributed by atoms with Gasteiger partial charge in [0.15, 0.2) is 0 Å². The lowest BCUT2D eigenvalue weighted by Crippen LogP contribution is -2.46. The molecule has 0 unspecified atom stereocenters. The number of aromatic nitrogens is 1. The number of halogens is 5. The molecule has 0 amide bonds. The molecular formula is C16H22Cl2F3N3. The molecule has 1 saturated heterocycles. The average Bonchev–Trinajstić information content (AvgIpc) is 2.81. The van der Waals surface area contributed by atoms with Crippen molar-refractivity contribution in [3.63, 3.8) is 0 Å². The maximum Gasteiger partial charge on any atom is 0.390 e. The zero-order valence-electron chi connectivity index (χ0n) is 13.3. The molecule has 1 aromatic carbocycles. The molecule has 8 heteroatoms. The first-order valence-electron chi connectivity index (χ1n) is 7.54. The van der Waals surface area contributed by atoms with Crippen LogP contribution in [-0.4, -0.2) is 42.2 Å². The molecule has 2 aromatic rings. The Labute approximate surface area is 151 Å². The number of aryl methyl sites for hydroxylation is 1. The van der Waals surface area contributed by atoms with Crippen LogP contribution in [0.15, 0.2) is 24.3 Å². The van der Waals surface area contributed by atoms with E-state index in [9.17, 15) is 13.2 Å². The van der Waals surface area contributed by atoms with Crippen molar-refractivity contribution in [2.75, 3.05) is 26.2 Å². The highest BCUT2D eigenvalue weighted by Gasteiger charge is 2.37. The van der Waals surface area contributed by atoms with E-state index < -0.39 is 18.6 Å². The quantitative estimate of drug-likeness (QED) is 0.831. The van der Waals surface area contributed by atoms with Crippen LogP contribution in [0.5, 0.6) is 0 Å². The Morgan fingerprint density at radius 1 is 1.12 bits per heavy atom. The Hall–Kier alpha value is -0.950. The standard InChI is InChI=1S/C16H20F3N3.2ClH/c1-11-15(12-4-2-3-5-13(12)21-11)14(10-16(17,18)19)22-8-6-20-7-9-22;;/h2-5,14,20-21H,6-10H2,1H3;2*1H/t14-;;/m1../s1. The van der Waals surface area contributed by atoms with E-state index in [0.29, 0.717) is 13.1 Å². The predicted octanol–water partition coefficient (Wildman–Crippen LogP) is 4.22. The summed E-state index contributed by atoms with van der Waals surface area (Å²) in [6.45, 7) is 4.60. The first-order valence-corrected chi connectivity index (χ1v) is 7.54. The number of benzene rings is 1. The van der Waals surface area contributed by atoms with Gasteiger partial charge in [-0.3, -0.25) is 4.90 Å². The molecule has 0 saturated carbocycles. The minimum atomic E-state index is -4.18. The minimum Gasteiger partial charge on any atom is -0.358 e. The third-order valence-electron chi connectivity index (χ3n) is 4.29. The van der Waals surface area contributed by atoms with Gasteiger partial charge in [-0.25, -0.2) is 0 Å². The average molecular weight is 384 g/mol. The van der Waals surface area contributed by atoms with Crippen LogP contribution in [0.3, 0.4) is 0 Å². The molecule has 3 rings (SSSR count). The van der Waals surface area contributed by atoms with Crippen molar-refractivity contribution in [3.05, 3.63) is 35.5 Å². The smallest absolute Gasteiger partial charge is 0.358 e. The second-order valence-electron chi connectivity index (χ2n) is 5.83. The Kier molecular flexibility index (Phi) is 7.41. The van der Waals surface area contributed by atoms with E-state index >= 15 is 0 Å². The highest BCUT2D eigenvalue weighted by Crippen LogP contribution is 2.38. The SMILES string of the molecule is Cc1[nH]c2ccccc2c1[C@@H](CC(F)(F)F)N1CCNCC1.Cl.Cl. The summed E-state index contributed by atoms with van der Waals surface area (Å²) in [5, 5.41) is 4.09. The van der Waals surface area contributed by atoms with Gasteiger partial charge in [0.25, 0.3) is 0 Å². The summed E-state index contributed by atoms with van der Waals surface area (Å²) in [4.78, 5) is 5.17. The fourth-order valence-electron chi connectivity index (χ4n) is 3.35.